The van der Waals surface area contributed by atoms with E-state index in [9.17, 15) is 9.59 Å². The number of carbonyl (C=O) groups excluding carboxylic acids is 1. The lowest BCUT2D eigenvalue weighted by molar-refractivity contribution is 0.0695. The Morgan fingerprint density at radius 3 is 2.50 bits per heavy atom. The average Bonchev–Trinajstić information content (AvgIpc) is 2.40. The lowest BCUT2D eigenvalue weighted by Crippen LogP contribution is -2.15. The quantitative estimate of drug-likeness (QED) is 0.911. The first-order chi connectivity index (χ1) is 9.49. The number of nitrogens with one attached hydrogen (secondary N) is 1. The number of halogens is 1. The molecular formula is C14H11ClN2O3. The van der Waals surface area contributed by atoms with Gasteiger partial charge >= 0.3 is 5.97 Å². The molecule has 1 heterocycles. The topological polar surface area (TPSA) is 79.3 Å². The highest BCUT2D eigenvalue weighted by Crippen LogP contribution is 2.21. The molecule has 0 aliphatic carbocycles. The van der Waals surface area contributed by atoms with Gasteiger partial charge in [-0.3, -0.25) is 4.79 Å². The highest BCUT2D eigenvalue weighted by atomic mass is 35.5. The predicted molar refractivity (Wildman–Crippen MR) is 75.3 cm³/mol. The Bertz CT molecular complexity index is 686. The number of carbonyl (C=O) groups is 2. The number of carboxylic acids is 1. The molecule has 1 aromatic carbocycles. The number of benzene rings is 1. The zero-order valence-electron chi connectivity index (χ0n) is 10.6. The van der Waals surface area contributed by atoms with Gasteiger partial charge in [-0.2, -0.15) is 0 Å². The van der Waals surface area contributed by atoms with Crippen molar-refractivity contribution in [1.82, 2.24) is 4.98 Å². The minimum atomic E-state index is -1.08. The fraction of sp³-hybridized carbons (Fsp3) is 0.0714. The highest BCUT2D eigenvalue weighted by Gasteiger charge is 2.13. The monoisotopic (exact) mass is 290 g/mol. The first-order valence-electron chi connectivity index (χ1n) is 5.76. The number of anilines is 1. The third-order valence-corrected chi connectivity index (χ3v) is 3.00. The fourth-order valence-electron chi connectivity index (χ4n) is 1.66. The zero-order valence-corrected chi connectivity index (χ0v) is 11.3. The number of aryl methyl sites for hydroxylation is 1. The van der Waals surface area contributed by atoms with Crippen LogP contribution in [0.3, 0.4) is 0 Å². The molecule has 0 fully saturated rings. The van der Waals surface area contributed by atoms with Crippen LogP contribution in [0.25, 0.3) is 0 Å². The molecule has 0 spiro atoms. The number of amides is 1. The number of pyridine rings is 1. The molecule has 6 heteroatoms. The zero-order chi connectivity index (χ0) is 14.7. The molecule has 102 valence electrons. The van der Waals surface area contributed by atoms with Crippen molar-refractivity contribution >= 4 is 29.2 Å². The molecule has 0 atom stereocenters. The maximum atomic E-state index is 12.0. The number of aromatic carboxylic acids is 1. The first-order valence-corrected chi connectivity index (χ1v) is 6.13. The van der Waals surface area contributed by atoms with Gasteiger partial charge in [-0.1, -0.05) is 23.7 Å². The predicted octanol–water partition coefficient (Wildman–Crippen LogP) is 2.99. The number of aromatic nitrogens is 1. The van der Waals surface area contributed by atoms with Crippen LogP contribution in [0.5, 0.6) is 0 Å². The molecule has 1 aromatic heterocycles. The van der Waals surface area contributed by atoms with E-state index in [4.69, 9.17) is 16.7 Å². The minimum Gasteiger partial charge on any atom is -0.478 e. The lowest BCUT2D eigenvalue weighted by Gasteiger charge is -2.07. The fourth-order valence-corrected chi connectivity index (χ4v) is 1.85. The van der Waals surface area contributed by atoms with Gasteiger partial charge in [0.15, 0.2) is 0 Å². The van der Waals surface area contributed by atoms with Crippen molar-refractivity contribution in [2.45, 2.75) is 6.92 Å². The van der Waals surface area contributed by atoms with E-state index in [0.717, 1.165) is 0 Å². The Kier molecular flexibility index (Phi) is 4.00. The van der Waals surface area contributed by atoms with Crippen molar-refractivity contribution < 1.29 is 14.7 Å². The summed E-state index contributed by atoms with van der Waals surface area (Å²) in [6, 6.07) is 9.53. The minimum absolute atomic E-state index is 0.0688. The van der Waals surface area contributed by atoms with Gasteiger partial charge in [0.2, 0.25) is 0 Å². The summed E-state index contributed by atoms with van der Waals surface area (Å²) >= 11 is 5.94. The molecule has 0 radical (unpaired) electrons. The van der Waals surface area contributed by atoms with Gasteiger partial charge in [-0.05, 0) is 31.2 Å². The SMILES string of the molecule is Cc1nc(C(=O)Nc2ccccc2Cl)ccc1C(=O)O. The number of hydrogen-bond acceptors (Lipinski definition) is 3. The number of para-hydroxylation sites is 1. The van der Waals surface area contributed by atoms with Crippen LogP contribution >= 0.6 is 11.6 Å². The Balaban J connectivity index is 2.24. The van der Waals surface area contributed by atoms with Crippen LogP contribution < -0.4 is 5.32 Å². The Morgan fingerprint density at radius 1 is 1.20 bits per heavy atom. The van der Waals surface area contributed by atoms with Crippen molar-refractivity contribution in [3.05, 3.63) is 58.4 Å². The Morgan fingerprint density at radius 2 is 1.90 bits per heavy atom. The van der Waals surface area contributed by atoms with Crippen LogP contribution in [0.4, 0.5) is 5.69 Å². The number of hydrogen-bond donors (Lipinski definition) is 2. The van der Waals surface area contributed by atoms with E-state index in [1.807, 2.05) is 0 Å². The molecule has 20 heavy (non-hydrogen) atoms. The van der Waals surface area contributed by atoms with Crippen LogP contribution in [-0.2, 0) is 0 Å². The normalized spacial score (nSPS) is 10.1. The van der Waals surface area contributed by atoms with Crippen molar-refractivity contribution in [2.75, 3.05) is 5.32 Å². The highest BCUT2D eigenvalue weighted by molar-refractivity contribution is 6.33. The molecule has 1 amide bonds. The maximum Gasteiger partial charge on any atom is 0.337 e. The van der Waals surface area contributed by atoms with Crippen molar-refractivity contribution in [1.29, 1.82) is 0 Å². The third kappa shape index (κ3) is 2.95. The largest absolute Gasteiger partial charge is 0.478 e. The summed E-state index contributed by atoms with van der Waals surface area (Å²) in [5, 5.41) is 11.9. The molecule has 5 nitrogen and oxygen atoms in total. The lowest BCUT2D eigenvalue weighted by atomic mass is 10.2. The molecule has 0 aliphatic heterocycles. The molecule has 0 bridgehead atoms. The molecule has 0 saturated heterocycles. The van der Waals surface area contributed by atoms with Gasteiger partial charge in [-0.15, -0.1) is 0 Å². The van der Waals surface area contributed by atoms with Crippen LogP contribution in [-0.4, -0.2) is 22.0 Å². The average molecular weight is 291 g/mol. The van der Waals surface area contributed by atoms with E-state index in [1.165, 1.54) is 19.1 Å². The summed E-state index contributed by atoms with van der Waals surface area (Å²) in [6.45, 7) is 1.54. The molecule has 2 rings (SSSR count). The van der Waals surface area contributed by atoms with Gasteiger partial charge in [-0.25, -0.2) is 9.78 Å². The Hall–Kier alpha value is -2.40. The standard InChI is InChI=1S/C14H11ClN2O3/c1-8-9(14(19)20)6-7-12(16-8)13(18)17-11-5-3-2-4-10(11)15/h2-7H,1H3,(H,17,18)(H,19,20). The summed E-state index contributed by atoms with van der Waals surface area (Å²) in [5.74, 6) is -1.52. The second-order valence-electron chi connectivity index (χ2n) is 4.07. The summed E-state index contributed by atoms with van der Waals surface area (Å²) in [5.41, 5.74) is 0.956. The summed E-state index contributed by atoms with van der Waals surface area (Å²) in [6.07, 6.45) is 0. The van der Waals surface area contributed by atoms with E-state index in [-0.39, 0.29) is 17.0 Å². The van der Waals surface area contributed by atoms with Gasteiger partial charge in [0, 0.05) is 0 Å². The van der Waals surface area contributed by atoms with Gasteiger partial charge in [0.1, 0.15) is 5.69 Å². The van der Waals surface area contributed by atoms with Crippen LogP contribution in [0, 0.1) is 6.92 Å². The molecular weight excluding hydrogens is 280 g/mol. The molecule has 2 N–H and O–H groups in total. The molecule has 0 saturated carbocycles. The summed E-state index contributed by atoms with van der Waals surface area (Å²) in [4.78, 5) is 26.9. The van der Waals surface area contributed by atoms with Crippen LogP contribution in [0.2, 0.25) is 5.02 Å². The van der Waals surface area contributed by atoms with E-state index < -0.39 is 11.9 Å². The first kappa shape index (κ1) is 14.0. The van der Waals surface area contributed by atoms with E-state index >= 15 is 0 Å². The second kappa shape index (κ2) is 5.71. The number of nitrogens with zero attached hydrogens (tertiary/aromatic N) is 1. The molecule has 0 unspecified atom stereocenters. The summed E-state index contributed by atoms with van der Waals surface area (Å²) < 4.78 is 0. The van der Waals surface area contributed by atoms with E-state index in [1.54, 1.807) is 24.3 Å². The smallest absolute Gasteiger partial charge is 0.337 e. The van der Waals surface area contributed by atoms with Crippen molar-refractivity contribution in [3.63, 3.8) is 0 Å². The maximum absolute atomic E-state index is 12.0. The van der Waals surface area contributed by atoms with E-state index in [2.05, 4.69) is 10.3 Å². The van der Waals surface area contributed by atoms with Gasteiger partial charge in [0.25, 0.3) is 5.91 Å². The van der Waals surface area contributed by atoms with Gasteiger partial charge < -0.3 is 10.4 Å². The number of carboxylic acid groups (broad SMARTS) is 1. The third-order valence-electron chi connectivity index (χ3n) is 2.67. The van der Waals surface area contributed by atoms with Crippen LogP contribution in [0.15, 0.2) is 36.4 Å². The number of rotatable bonds is 3. The molecule has 2 aromatic rings. The van der Waals surface area contributed by atoms with Crippen LogP contribution in [0.1, 0.15) is 26.5 Å². The van der Waals surface area contributed by atoms with E-state index in [0.29, 0.717) is 10.7 Å². The van der Waals surface area contributed by atoms with Crippen molar-refractivity contribution in [3.8, 4) is 0 Å². The Labute approximate surface area is 120 Å². The summed E-state index contributed by atoms with van der Waals surface area (Å²) in [7, 11) is 0. The van der Waals surface area contributed by atoms with Crippen molar-refractivity contribution in [2.24, 2.45) is 0 Å². The second-order valence-corrected chi connectivity index (χ2v) is 4.48. The van der Waals surface area contributed by atoms with Gasteiger partial charge in [0.05, 0.1) is 22.0 Å². The molecule has 0 aliphatic rings.